The van der Waals surface area contributed by atoms with E-state index in [4.69, 9.17) is 0 Å². The molecule has 1 aliphatic heterocycles. The standard InChI is InChI=1S/C14H19N3.C2H6/c1-10-3-5-17(6-4-10)12-7-13-11(2)8-15-14(13)16-9-12;1-2/h7-10H,3-6H2,1-2H3,(H,15,16);1-2H3. The van der Waals surface area contributed by atoms with Gasteiger partial charge in [-0.2, -0.15) is 0 Å². The van der Waals surface area contributed by atoms with E-state index in [9.17, 15) is 0 Å². The van der Waals surface area contributed by atoms with Gasteiger partial charge in [0.05, 0.1) is 11.9 Å². The largest absolute Gasteiger partial charge is 0.370 e. The van der Waals surface area contributed by atoms with Gasteiger partial charge in [-0.05, 0) is 37.3 Å². The highest BCUT2D eigenvalue weighted by atomic mass is 15.1. The van der Waals surface area contributed by atoms with Crippen LogP contribution in [-0.2, 0) is 0 Å². The summed E-state index contributed by atoms with van der Waals surface area (Å²) in [4.78, 5) is 10.2. The lowest BCUT2D eigenvalue weighted by atomic mass is 9.99. The Morgan fingerprint density at radius 3 is 2.63 bits per heavy atom. The molecule has 1 saturated heterocycles. The first kappa shape index (κ1) is 13.9. The molecule has 0 amide bonds. The van der Waals surface area contributed by atoms with Crippen LogP contribution in [0.4, 0.5) is 5.69 Å². The molecule has 3 heteroatoms. The molecular weight excluding hydrogens is 234 g/mol. The minimum Gasteiger partial charge on any atom is -0.370 e. The third-order valence-electron chi connectivity index (χ3n) is 3.87. The fourth-order valence-electron chi connectivity index (χ4n) is 2.56. The number of hydrogen-bond donors (Lipinski definition) is 1. The van der Waals surface area contributed by atoms with Gasteiger partial charge < -0.3 is 9.88 Å². The Balaban J connectivity index is 0.000000637. The first-order valence-electron chi connectivity index (χ1n) is 7.43. The van der Waals surface area contributed by atoms with Crippen LogP contribution in [-0.4, -0.2) is 23.1 Å². The van der Waals surface area contributed by atoms with E-state index in [-0.39, 0.29) is 0 Å². The maximum absolute atomic E-state index is 4.50. The smallest absolute Gasteiger partial charge is 0.137 e. The van der Waals surface area contributed by atoms with Gasteiger partial charge in [0.25, 0.3) is 0 Å². The van der Waals surface area contributed by atoms with Gasteiger partial charge >= 0.3 is 0 Å². The Hall–Kier alpha value is -1.51. The van der Waals surface area contributed by atoms with Gasteiger partial charge in [-0.15, -0.1) is 0 Å². The van der Waals surface area contributed by atoms with Crippen molar-refractivity contribution in [3.63, 3.8) is 0 Å². The number of fused-ring (bicyclic) bond motifs is 1. The van der Waals surface area contributed by atoms with E-state index in [2.05, 4.69) is 34.8 Å². The zero-order valence-electron chi connectivity index (χ0n) is 12.5. The second-order valence-electron chi connectivity index (χ2n) is 5.23. The summed E-state index contributed by atoms with van der Waals surface area (Å²) < 4.78 is 0. The third kappa shape index (κ3) is 2.91. The Morgan fingerprint density at radius 2 is 1.95 bits per heavy atom. The van der Waals surface area contributed by atoms with E-state index in [1.807, 2.05) is 26.2 Å². The van der Waals surface area contributed by atoms with Crippen molar-refractivity contribution in [2.24, 2.45) is 5.92 Å². The SMILES string of the molecule is CC.Cc1c[nH]c2ncc(N3CCC(C)CC3)cc12. The minimum atomic E-state index is 0.872. The molecule has 2 aromatic heterocycles. The van der Waals surface area contributed by atoms with E-state index in [0.717, 1.165) is 24.7 Å². The molecule has 3 nitrogen and oxygen atoms in total. The summed E-state index contributed by atoms with van der Waals surface area (Å²) in [5, 5.41) is 1.25. The number of nitrogens with one attached hydrogen (secondary N) is 1. The second kappa shape index (κ2) is 6.09. The topological polar surface area (TPSA) is 31.9 Å². The molecule has 3 heterocycles. The van der Waals surface area contributed by atoms with Crippen LogP contribution in [0.15, 0.2) is 18.5 Å². The molecule has 0 atom stereocenters. The normalized spacial score (nSPS) is 16.3. The number of aromatic nitrogens is 2. The maximum atomic E-state index is 4.50. The summed E-state index contributed by atoms with van der Waals surface area (Å²) in [5.74, 6) is 0.872. The molecule has 0 spiro atoms. The molecule has 0 radical (unpaired) electrons. The van der Waals surface area contributed by atoms with Crippen LogP contribution in [0.25, 0.3) is 11.0 Å². The van der Waals surface area contributed by atoms with E-state index >= 15 is 0 Å². The van der Waals surface area contributed by atoms with Crippen molar-refractivity contribution in [3.8, 4) is 0 Å². The van der Waals surface area contributed by atoms with Crippen LogP contribution in [0.2, 0.25) is 0 Å². The van der Waals surface area contributed by atoms with E-state index in [1.54, 1.807) is 0 Å². The molecule has 2 aromatic rings. The predicted octanol–water partition coefficient (Wildman–Crippen LogP) is 4.13. The lowest BCUT2D eigenvalue weighted by Crippen LogP contribution is -2.32. The van der Waals surface area contributed by atoms with Crippen molar-refractivity contribution in [3.05, 3.63) is 24.0 Å². The molecule has 0 unspecified atom stereocenters. The summed E-state index contributed by atoms with van der Waals surface area (Å²) in [6.07, 6.45) is 6.61. The van der Waals surface area contributed by atoms with Gasteiger partial charge in [-0.1, -0.05) is 20.8 Å². The number of hydrogen-bond acceptors (Lipinski definition) is 2. The van der Waals surface area contributed by atoms with Crippen LogP contribution >= 0.6 is 0 Å². The van der Waals surface area contributed by atoms with Crippen LogP contribution in [0.5, 0.6) is 0 Å². The lowest BCUT2D eigenvalue weighted by molar-refractivity contribution is 0.438. The third-order valence-corrected chi connectivity index (χ3v) is 3.87. The van der Waals surface area contributed by atoms with Crippen molar-refractivity contribution >= 4 is 16.7 Å². The van der Waals surface area contributed by atoms with Crippen molar-refractivity contribution in [1.29, 1.82) is 0 Å². The van der Waals surface area contributed by atoms with E-state index in [1.165, 1.54) is 29.5 Å². The monoisotopic (exact) mass is 259 g/mol. The Bertz CT molecular complexity index is 522. The Kier molecular flexibility index (Phi) is 4.46. The first-order chi connectivity index (χ1) is 9.24. The highest BCUT2D eigenvalue weighted by molar-refractivity contribution is 5.82. The Labute approximate surface area is 116 Å². The van der Waals surface area contributed by atoms with Gasteiger partial charge in [0.2, 0.25) is 0 Å². The van der Waals surface area contributed by atoms with Gasteiger partial charge in [0.15, 0.2) is 0 Å². The van der Waals surface area contributed by atoms with Crippen LogP contribution in [0.1, 0.15) is 39.2 Å². The van der Waals surface area contributed by atoms with E-state index in [0.29, 0.717) is 0 Å². The lowest BCUT2D eigenvalue weighted by Gasteiger charge is -2.31. The second-order valence-corrected chi connectivity index (χ2v) is 5.23. The van der Waals surface area contributed by atoms with Crippen LogP contribution in [0, 0.1) is 12.8 Å². The summed E-state index contributed by atoms with van der Waals surface area (Å²) in [7, 11) is 0. The van der Waals surface area contributed by atoms with E-state index < -0.39 is 0 Å². The van der Waals surface area contributed by atoms with Gasteiger partial charge in [0.1, 0.15) is 5.65 Å². The number of H-pyrrole nitrogens is 1. The number of nitrogens with zero attached hydrogens (tertiary/aromatic N) is 2. The summed E-state index contributed by atoms with van der Waals surface area (Å²) in [6, 6.07) is 2.27. The van der Waals surface area contributed by atoms with Gasteiger partial charge in [-0.3, -0.25) is 0 Å². The fourth-order valence-corrected chi connectivity index (χ4v) is 2.56. The summed E-state index contributed by atoms with van der Waals surface area (Å²) in [6.45, 7) is 10.8. The summed E-state index contributed by atoms with van der Waals surface area (Å²) in [5.41, 5.74) is 3.54. The van der Waals surface area contributed by atoms with Crippen LogP contribution < -0.4 is 4.90 Å². The highest BCUT2D eigenvalue weighted by Crippen LogP contribution is 2.26. The molecule has 0 saturated carbocycles. The number of rotatable bonds is 1. The van der Waals surface area contributed by atoms with Gasteiger partial charge in [-0.25, -0.2) is 4.98 Å². The molecule has 104 valence electrons. The Morgan fingerprint density at radius 1 is 1.26 bits per heavy atom. The fraction of sp³-hybridized carbons (Fsp3) is 0.562. The predicted molar refractivity (Wildman–Crippen MR) is 82.8 cm³/mol. The molecule has 1 fully saturated rings. The molecule has 3 rings (SSSR count). The zero-order valence-corrected chi connectivity index (χ0v) is 12.5. The average Bonchev–Trinajstić information content (AvgIpc) is 2.83. The minimum absolute atomic E-state index is 0.872. The average molecular weight is 259 g/mol. The molecule has 1 N–H and O–H groups in total. The summed E-state index contributed by atoms with van der Waals surface area (Å²) >= 11 is 0. The van der Waals surface area contributed by atoms with Gasteiger partial charge in [0, 0.05) is 24.7 Å². The van der Waals surface area contributed by atoms with Crippen LogP contribution in [0.3, 0.4) is 0 Å². The number of piperidine rings is 1. The number of anilines is 1. The highest BCUT2D eigenvalue weighted by Gasteiger charge is 2.16. The van der Waals surface area contributed by atoms with Crippen molar-refractivity contribution in [2.75, 3.05) is 18.0 Å². The number of aryl methyl sites for hydroxylation is 1. The molecule has 0 aliphatic carbocycles. The quantitative estimate of drug-likeness (QED) is 0.835. The molecule has 0 bridgehead atoms. The van der Waals surface area contributed by atoms with Crippen molar-refractivity contribution in [1.82, 2.24) is 9.97 Å². The number of pyridine rings is 1. The first-order valence-corrected chi connectivity index (χ1v) is 7.43. The van der Waals surface area contributed by atoms with Crippen molar-refractivity contribution < 1.29 is 0 Å². The zero-order chi connectivity index (χ0) is 13.8. The molecular formula is C16H25N3. The maximum Gasteiger partial charge on any atom is 0.137 e. The molecule has 1 aliphatic rings. The molecule has 19 heavy (non-hydrogen) atoms. The number of aromatic amines is 1. The molecule has 0 aromatic carbocycles. The van der Waals surface area contributed by atoms with Crippen molar-refractivity contribution in [2.45, 2.75) is 40.5 Å².